The van der Waals surface area contributed by atoms with Crippen molar-refractivity contribution in [3.05, 3.63) is 63.4 Å². The molecule has 1 N–H and O–H groups in total. The fourth-order valence-corrected chi connectivity index (χ4v) is 4.32. The van der Waals surface area contributed by atoms with Crippen LogP contribution in [0.15, 0.2) is 41.3 Å². The van der Waals surface area contributed by atoms with E-state index in [2.05, 4.69) is 5.32 Å². The summed E-state index contributed by atoms with van der Waals surface area (Å²) in [6.07, 6.45) is 0.871. The highest BCUT2D eigenvalue weighted by atomic mass is 35.5. The molecule has 1 amide bonds. The van der Waals surface area contributed by atoms with Crippen molar-refractivity contribution in [3.8, 4) is 0 Å². The van der Waals surface area contributed by atoms with Crippen LogP contribution in [0.25, 0.3) is 0 Å². The van der Waals surface area contributed by atoms with Crippen molar-refractivity contribution < 1.29 is 9.18 Å². The maximum atomic E-state index is 13.9. The van der Waals surface area contributed by atoms with E-state index in [1.54, 1.807) is 24.3 Å². The van der Waals surface area contributed by atoms with Crippen LogP contribution in [0.1, 0.15) is 23.6 Å². The first-order valence-electron chi connectivity index (χ1n) is 7.19. The summed E-state index contributed by atoms with van der Waals surface area (Å²) in [6, 6.07) is 9.94. The molecule has 0 aliphatic carbocycles. The van der Waals surface area contributed by atoms with Crippen LogP contribution < -0.4 is 5.32 Å². The zero-order valence-corrected chi connectivity index (χ0v) is 14.4. The number of halogens is 3. The fourth-order valence-electron chi connectivity index (χ4n) is 2.64. The van der Waals surface area contributed by atoms with Gasteiger partial charge in [-0.1, -0.05) is 41.4 Å². The summed E-state index contributed by atoms with van der Waals surface area (Å²) < 4.78 is 13.9. The molecule has 120 valence electrons. The van der Waals surface area contributed by atoms with E-state index in [-0.39, 0.29) is 24.2 Å². The van der Waals surface area contributed by atoms with Gasteiger partial charge >= 0.3 is 0 Å². The predicted octanol–water partition coefficient (Wildman–Crippen LogP) is 5.03. The molecule has 1 atom stereocenters. The summed E-state index contributed by atoms with van der Waals surface area (Å²) >= 11 is 13.7. The first-order valence-corrected chi connectivity index (χ1v) is 8.94. The van der Waals surface area contributed by atoms with E-state index in [0.29, 0.717) is 20.5 Å². The molecule has 1 heterocycles. The number of thioether (sulfide) groups is 1. The number of hydrogen-bond donors (Lipinski definition) is 1. The van der Waals surface area contributed by atoms with Crippen LogP contribution in [0.4, 0.5) is 4.39 Å². The third-order valence-electron chi connectivity index (χ3n) is 3.76. The molecule has 0 radical (unpaired) electrons. The molecule has 0 fully saturated rings. The Morgan fingerprint density at radius 2 is 1.91 bits per heavy atom. The third kappa shape index (κ3) is 3.65. The highest BCUT2D eigenvalue weighted by molar-refractivity contribution is 7.99. The summed E-state index contributed by atoms with van der Waals surface area (Å²) in [5, 5.41) is 3.91. The number of amides is 1. The third-order valence-corrected chi connectivity index (χ3v) is 5.63. The summed E-state index contributed by atoms with van der Waals surface area (Å²) in [7, 11) is 0. The van der Waals surface area contributed by atoms with Crippen molar-refractivity contribution >= 4 is 40.9 Å². The Morgan fingerprint density at radius 1 is 1.22 bits per heavy atom. The molecule has 1 aliphatic rings. The standard InChI is InChI=1S/C17H14Cl2FNOS/c18-12-4-2-5-13(19)11(12)9-16(22)21-15-7-8-23-17-10(15)3-1-6-14(17)20/h1-6,15H,7-9H2,(H,21,22)/t15-/m1/s1. The Hall–Kier alpha value is -1.23. The zero-order chi connectivity index (χ0) is 16.4. The highest BCUT2D eigenvalue weighted by Gasteiger charge is 2.24. The Balaban J connectivity index is 1.76. The SMILES string of the molecule is O=C(Cc1c(Cl)cccc1Cl)N[C@@H]1CCSc2c(F)cccc21. The van der Waals surface area contributed by atoms with Gasteiger partial charge < -0.3 is 5.32 Å². The van der Waals surface area contributed by atoms with Gasteiger partial charge in [-0.3, -0.25) is 4.79 Å². The Kier molecular flexibility index (Phi) is 5.14. The van der Waals surface area contributed by atoms with E-state index < -0.39 is 0 Å². The molecule has 0 spiro atoms. The molecule has 23 heavy (non-hydrogen) atoms. The lowest BCUT2D eigenvalue weighted by molar-refractivity contribution is -0.121. The number of benzene rings is 2. The van der Waals surface area contributed by atoms with Crippen molar-refractivity contribution in [2.24, 2.45) is 0 Å². The van der Waals surface area contributed by atoms with E-state index in [0.717, 1.165) is 17.7 Å². The Labute approximate surface area is 148 Å². The van der Waals surface area contributed by atoms with Gasteiger partial charge in [-0.25, -0.2) is 4.39 Å². The average molecular weight is 370 g/mol. The van der Waals surface area contributed by atoms with Gasteiger partial charge in [0.2, 0.25) is 5.91 Å². The van der Waals surface area contributed by atoms with Crippen LogP contribution >= 0.6 is 35.0 Å². The van der Waals surface area contributed by atoms with Crippen molar-refractivity contribution in [1.82, 2.24) is 5.32 Å². The van der Waals surface area contributed by atoms with E-state index in [9.17, 15) is 9.18 Å². The smallest absolute Gasteiger partial charge is 0.225 e. The second-order valence-electron chi connectivity index (χ2n) is 5.29. The molecule has 6 heteroatoms. The summed E-state index contributed by atoms with van der Waals surface area (Å²) in [5.74, 6) is 0.360. The van der Waals surface area contributed by atoms with Crippen LogP contribution in [-0.2, 0) is 11.2 Å². The number of rotatable bonds is 3. The van der Waals surface area contributed by atoms with Gasteiger partial charge in [-0.2, -0.15) is 0 Å². The van der Waals surface area contributed by atoms with E-state index >= 15 is 0 Å². The van der Waals surface area contributed by atoms with Gasteiger partial charge in [0, 0.05) is 20.7 Å². The van der Waals surface area contributed by atoms with Crippen molar-refractivity contribution in [2.45, 2.75) is 23.8 Å². The van der Waals surface area contributed by atoms with E-state index in [1.807, 2.05) is 6.07 Å². The second kappa shape index (κ2) is 7.12. The van der Waals surface area contributed by atoms with Gasteiger partial charge in [0.15, 0.2) is 0 Å². The van der Waals surface area contributed by atoms with Gasteiger partial charge in [0.1, 0.15) is 5.82 Å². The minimum Gasteiger partial charge on any atom is -0.349 e. The highest BCUT2D eigenvalue weighted by Crippen LogP contribution is 2.37. The van der Waals surface area contributed by atoms with Gasteiger partial charge in [-0.15, -0.1) is 11.8 Å². The predicted molar refractivity (Wildman–Crippen MR) is 92.8 cm³/mol. The molecule has 0 unspecified atom stereocenters. The summed E-state index contributed by atoms with van der Waals surface area (Å²) in [6.45, 7) is 0. The largest absolute Gasteiger partial charge is 0.349 e. The molecule has 2 aromatic rings. The minimum atomic E-state index is -0.236. The Morgan fingerprint density at radius 3 is 2.65 bits per heavy atom. The van der Waals surface area contributed by atoms with Crippen molar-refractivity contribution in [2.75, 3.05) is 5.75 Å². The first kappa shape index (κ1) is 16.6. The monoisotopic (exact) mass is 369 g/mol. The minimum absolute atomic E-state index is 0.104. The lowest BCUT2D eigenvalue weighted by Gasteiger charge is -2.26. The molecule has 2 nitrogen and oxygen atoms in total. The Bertz CT molecular complexity index is 733. The lowest BCUT2D eigenvalue weighted by atomic mass is 10.0. The molecule has 0 saturated heterocycles. The van der Waals surface area contributed by atoms with E-state index in [1.165, 1.54) is 17.8 Å². The number of fused-ring (bicyclic) bond motifs is 1. The molecule has 3 rings (SSSR count). The lowest BCUT2D eigenvalue weighted by Crippen LogP contribution is -2.32. The molecular weight excluding hydrogens is 356 g/mol. The molecule has 1 aliphatic heterocycles. The van der Waals surface area contributed by atoms with Gasteiger partial charge in [0.25, 0.3) is 0 Å². The number of nitrogens with one attached hydrogen (secondary N) is 1. The van der Waals surface area contributed by atoms with Crippen LogP contribution in [0.5, 0.6) is 0 Å². The van der Waals surface area contributed by atoms with Crippen LogP contribution in [0.3, 0.4) is 0 Å². The molecule has 2 aromatic carbocycles. The first-order chi connectivity index (χ1) is 11.1. The average Bonchev–Trinajstić information content (AvgIpc) is 2.52. The zero-order valence-electron chi connectivity index (χ0n) is 12.1. The van der Waals surface area contributed by atoms with Crippen molar-refractivity contribution in [3.63, 3.8) is 0 Å². The number of carbonyl (C=O) groups excluding carboxylic acids is 1. The maximum absolute atomic E-state index is 13.9. The topological polar surface area (TPSA) is 29.1 Å². The second-order valence-corrected chi connectivity index (χ2v) is 7.21. The summed E-state index contributed by atoms with van der Waals surface area (Å²) in [5.41, 5.74) is 1.44. The van der Waals surface area contributed by atoms with E-state index in [4.69, 9.17) is 23.2 Å². The fraction of sp³-hybridized carbons (Fsp3) is 0.235. The van der Waals surface area contributed by atoms with Crippen LogP contribution in [-0.4, -0.2) is 11.7 Å². The molecule has 0 aromatic heterocycles. The number of hydrogen-bond acceptors (Lipinski definition) is 2. The van der Waals surface area contributed by atoms with Crippen LogP contribution in [0.2, 0.25) is 10.0 Å². The number of carbonyl (C=O) groups is 1. The van der Waals surface area contributed by atoms with Crippen LogP contribution in [0, 0.1) is 5.82 Å². The maximum Gasteiger partial charge on any atom is 0.225 e. The molecular formula is C17H14Cl2FNOS. The van der Waals surface area contributed by atoms with Gasteiger partial charge in [0.05, 0.1) is 12.5 Å². The molecule has 0 bridgehead atoms. The quantitative estimate of drug-likeness (QED) is 0.821. The van der Waals surface area contributed by atoms with Crippen molar-refractivity contribution in [1.29, 1.82) is 0 Å². The van der Waals surface area contributed by atoms with Gasteiger partial charge in [-0.05, 0) is 35.7 Å². The summed E-state index contributed by atoms with van der Waals surface area (Å²) in [4.78, 5) is 13.0. The normalized spacial score (nSPS) is 16.7. The molecule has 0 saturated carbocycles.